The predicted molar refractivity (Wildman–Crippen MR) is 195 cm³/mol. The Labute approximate surface area is 282 Å². The molecule has 3 aliphatic rings. The van der Waals surface area contributed by atoms with Crippen LogP contribution in [0.15, 0.2) is 70.7 Å². The minimum atomic E-state index is 0. The maximum absolute atomic E-state index is 3.73. The molecule has 0 spiro atoms. The lowest BCUT2D eigenvalue weighted by Gasteiger charge is -2.22. The van der Waals surface area contributed by atoms with Gasteiger partial charge < -0.3 is 25.3 Å². The Morgan fingerprint density at radius 1 is 0.822 bits per heavy atom. The summed E-state index contributed by atoms with van der Waals surface area (Å²) >= 11 is 1.91. The molecule has 0 radical (unpaired) electrons. The summed E-state index contributed by atoms with van der Waals surface area (Å²) in [5.41, 5.74) is 3.96. The number of likely N-dealkylation sites (tertiary alicyclic amines) is 2. The lowest BCUT2D eigenvalue weighted by atomic mass is 10.1. The molecule has 45 heavy (non-hydrogen) atoms. The highest BCUT2D eigenvalue weighted by Gasteiger charge is 2.25. The summed E-state index contributed by atoms with van der Waals surface area (Å²) in [7, 11) is 4.55. The molecule has 0 bridgehead atoms. The van der Waals surface area contributed by atoms with Crippen LogP contribution in [0.1, 0.15) is 56.9 Å². The molecule has 6 rings (SSSR count). The zero-order valence-corrected chi connectivity index (χ0v) is 29.1. The molecule has 4 heterocycles. The van der Waals surface area contributed by atoms with Gasteiger partial charge in [0.05, 0.1) is 16.1 Å². The first-order valence-corrected chi connectivity index (χ1v) is 18.0. The summed E-state index contributed by atoms with van der Waals surface area (Å²) in [5.74, 6) is 0. The van der Waals surface area contributed by atoms with E-state index < -0.39 is 0 Å². The first-order valence-electron chi connectivity index (χ1n) is 17.2. The first-order chi connectivity index (χ1) is 21.7. The molecule has 8 heteroatoms. The maximum atomic E-state index is 3.73. The minimum absolute atomic E-state index is 0. The number of anilines is 1. The summed E-state index contributed by atoms with van der Waals surface area (Å²) in [5, 5.41) is 10.1. The summed E-state index contributed by atoms with van der Waals surface area (Å²) in [6.45, 7) is 8.96. The highest BCUT2D eigenvalue weighted by atomic mass is 35.5. The van der Waals surface area contributed by atoms with Crippen molar-refractivity contribution >= 4 is 46.8 Å². The number of hydrogen-bond donors (Lipinski definition) is 2. The Bertz CT molecular complexity index is 1400. The van der Waals surface area contributed by atoms with E-state index in [9.17, 15) is 0 Å². The summed E-state index contributed by atoms with van der Waals surface area (Å²) in [6, 6.07) is 21.7. The smallest absolute Gasteiger partial charge is 0.213 e. The molecule has 0 saturated carbocycles. The van der Waals surface area contributed by atoms with Gasteiger partial charge in [-0.25, -0.2) is 0 Å². The molecule has 6 nitrogen and oxygen atoms in total. The van der Waals surface area contributed by atoms with Crippen LogP contribution in [0.4, 0.5) is 5.69 Å². The quantitative estimate of drug-likeness (QED) is 0.147. The topological polar surface area (TPSA) is 37.7 Å². The standard InChI is InChI=1S/C37H53N6S.ClH/c1-40-24-7-11-31(40)17-22-38-20-9-26-42-28-19-30(33-13-3-4-14-34(33)42)29-37-43(35-15-5-6-16-36(35)44-37)27-10-21-39-23-18-32-12-8-25-41(32)2;/h3-6,13-16,19,28-29,31-32,38-39H,7-12,17-18,20-27H2,1-2H3;1H/q+1;. The van der Waals surface area contributed by atoms with E-state index >= 15 is 0 Å². The number of rotatable bonds is 15. The number of pyridine rings is 1. The molecular weight excluding hydrogens is 596 g/mol. The average molecular weight is 650 g/mol. The maximum Gasteiger partial charge on any atom is 0.213 e. The van der Waals surface area contributed by atoms with Gasteiger partial charge in [0.1, 0.15) is 6.54 Å². The second-order valence-electron chi connectivity index (χ2n) is 13.0. The number of fused-ring (bicyclic) bond motifs is 2. The number of benzene rings is 2. The van der Waals surface area contributed by atoms with Crippen LogP contribution in [0, 0.1) is 0 Å². The van der Waals surface area contributed by atoms with Gasteiger partial charge in [0.2, 0.25) is 5.52 Å². The fourth-order valence-corrected chi connectivity index (χ4v) is 8.51. The first kappa shape index (κ1) is 34.2. The van der Waals surface area contributed by atoms with Gasteiger partial charge in [0.15, 0.2) is 6.20 Å². The Hall–Kier alpha value is -2.13. The Morgan fingerprint density at radius 2 is 1.49 bits per heavy atom. The summed E-state index contributed by atoms with van der Waals surface area (Å²) in [6.07, 6.45) is 15.0. The molecule has 2 atom stereocenters. The van der Waals surface area contributed by atoms with E-state index in [1.165, 1.54) is 83.7 Å². The molecule has 2 unspecified atom stereocenters. The van der Waals surface area contributed by atoms with Gasteiger partial charge in [-0.2, -0.15) is 4.57 Å². The van der Waals surface area contributed by atoms with Crippen LogP contribution in [0.5, 0.6) is 0 Å². The molecular formula is C37H54ClN6S+. The van der Waals surface area contributed by atoms with Crippen molar-refractivity contribution in [3.05, 3.63) is 71.4 Å². The van der Waals surface area contributed by atoms with Crippen molar-refractivity contribution < 1.29 is 4.57 Å². The second-order valence-corrected chi connectivity index (χ2v) is 14.1. The van der Waals surface area contributed by atoms with Crippen molar-refractivity contribution in [2.45, 2.75) is 74.9 Å². The number of aromatic nitrogens is 1. The lowest BCUT2D eigenvalue weighted by molar-refractivity contribution is -0.671. The number of hydrogen-bond acceptors (Lipinski definition) is 6. The van der Waals surface area contributed by atoms with E-state index in [0.717, 1.165) is 64.2 Å². The highest BCUT2D eigenvalue weighted by Crippen LogP contribution is 2.46. The predicted octanol–water partition coefficient (Wildman–Crippen LogP) is 6.39. The van der Waals surface area contributed by atoms with Crippen molar-refractivity contribution in [1.82, 2.24) is 20.4 Å². The normalized spacial score (nSPS) is 21.2. The molecule has 244 valence electrons. The van der Waals surface area contributed by atoms with E-state index in [2.05, 4.69) is 111 Å². The van der Waals surface area contributed by atoms with Crippen LogP contribution in [0.25, 0.3) is 17.0 Å². The molecule has 2 saturated heterocycles. The van der Waals surface area contributed by atoms with Crippen molar-refractivity contribution in [3.63, 3.8) is 0 Å². The molecule has 1 aromatic heterocycles. The largest absolute Gasteiger partial charge is 0.335 e. The van der Waals surface area contributed by atoms with E-state index in [1.54, 1.807) is 0 Å². The highest BCUT2D eigenvalue weighted by molar-refractivity contribution is 8.03. The number of halogens is 1. The van der Waals surface area contributed by atoms with Gasteiger partial charge >= 0.3 is 0 Å². The SMILES string of the molecule is CN1CCCC1CCNCCCN1/C(=C/c2cc[n+](CCCNCCC3CCCN3C)c3ccccc23)Sc2ccccc21.Cl. The van der Waals surface area contributed by atoms with Gasteiger partial charge in [-0.15, -0.1) is 12.4 Å². The van der Waals surface area contributed by atoms with Crippen LogP contribution in [0.2, 0.25) is 0 Å². The van der Waals surface area contributed by atoms with Gasteiger partial charge in [0.25, 0.3) is 0 Å². The van der Waals surface area contributed by atoms with Crippen molar-refractivity contribution in [3.8, 4) is 0 Å². The second kappa shape index (κ2) is 17.1. The molecule has 0 amide bonds. The number of nitrogens with one attached hydrogen (secondary N) is 2. The van der Waals surface area contributed by atoms with Gasteiger partial charge in [-0.3, -0.25) is 0 Å². The van der Waals surface area contributed by atoms with Crippen molar-refractivity contribution in [1.29, 1.82) is 0 Å². The molecule has 2 N–H and O–H groups in total. The summed E-state index contributed by atoms with van der Waals surface area (Å²) < 4.78 is 2.44. The summed E-state index contributed by atoms with van der Waals surface area (Å²) in [4.78, 5) is 8.95. The van der Waals surface area contributed by atoms with Gasteiger partial charge in [0, 0.05) is 48.6 Å². The Kier molecular flexibility index (Phi) is 13.0. The minimum Gasteiger partial charge on any atom is -0.335 e. The fraction of sp³-hybridized carbons (Fsp3) is 0.541. The zero-order valence-electron chi connectivity index (χ0n) is 27.4. The van der Waals surface area contributed by atoms with Gasteiger partial charge in [-0.05, 0) is 122 Å². The average Bonchev–Trinajstić information content (AvgIpc) is 3.75. The van der Waals surface area contributed by atoms with Crippen LogP contribution in [0.3, 0.4) is 0 Å². The number of para-hydroxylation sites is 2. The van der Waals surface area contributed by atoms with E-state index in [4.69, 9.17) is 0 Å². The third kappa shape index (κ3) is 8.82. The van der Waals surface area contributed by atoms with E-state index in [0.29, 0.717) is 0 Å². The number of aryl methyl sites for hydroxylation is 1. The van der Waals surface area contributed by atoms with Gasteiger partial charge in [-0.1, -0.05) is 36.0 Å². The van der Waals surface area contributed by atoms with Crippen LogP contribution in [-0.2, 0) is 6.54 Å². The molecule has 0 aliphatic carbocycles. The Balaban J connectivity index is 0.00000400. The fourth-order valence-electron chi connectivity index (χ4n) is 7.37. The van der Waals surface area contributed by atoms with Crippen molar-refractivity contribution in [2.75, 3.05) is 64.8 Å². The van der Waals surface area contributed by atoms with E-state index in [1.807, 2.05) is 11.8 Å². The van der Waals surface area contributed by atoms with Crippen LogP contribution >= 0.6 is 24.2 Å². The zero-order chi connectivity index (χ0) is 30.1. The van der Waals surface area contributed by atoms with Crippen molar-refractivity contribution in [2.24, 2.45) is 0 Å². The molecule has 3 aromatic rings. The molecule has 3 aliphatic heterocycles. The van der Waals surface area contributed by atoms with E-state index in [-0.39, 0.29) is 12.4 Å². The lowest BCUT2D eigenvalue weighted by Crippen LogP contribution is -2.36. The Morgan fingerprint density at radius 3 is 2.20 bits per heavy atom. The molecule has 2 aromatic carbocycles. The van der Waals surface area contributed by atoms with Crippen LogP contribution in [-0.4, -0.2) is 81.8 Å². The number of thioether (sulfide) groups is 1. The molecule has 2 fully saturated rings. The monoisotopic (exact) mass is 649 g/mol. The van der Waals surface area contributed by atoms with Crippen LogP contribution < -0.4 is 20.1 Å². The third-order valence-electron chi connectivity index (χ3n) is 10.0. The third-order valence-corrected chi connectivity index (χ3v) is 11.1. The number of nitrogens with zero attached hydrogens (tertiary/aromatic N) is 4.